The lowest BCUT2D eigenvalue weighted by molar-refractivity contribution is 0.367. The molecular weight excluding hydrogens is 184 g/mol. The van der Waals surface area contributed by atoms with Crippen molar-refractivity contribution in [1.29, 1.82) is 0 Å². The highest BCUT2D eigenvalue weighted by molar-refractivity contribution is 5.27. The van der Waals surface area contributed by atoms with Gasteiger partial charge in [-0.1, -0.05) is 30.2 Å². The van der Waals surface area contributed by atoms with E-state index in [0.717, 1.165) is 13.1 Å². The van der Waals surface area contributed by atoms with Gasteiger partial charge in [0.15, 0.2) is 0 Å². The van der Waals surface area contributed by atoms with Gasteiger partial charge in [-0.05, 0) is 25.2 Å². The van der Waals surface area contributed by atoms with E-state index >= 15 is 0 Å². The van der Waals surface area contributed by atoms with Crippen molar-refractivity contribution in [3.63, 3.8) is 0 Å². The standard InChI is InChI=1S/C13H18N2/c1-4-9-15(3)11-13-8-6-5-7-12(13)10-14-2/h1,5-8,14H,9-11H2,2-3H3. The first-order valence-corrected chi connectivity index (χ1v) is 5.11. The normalized spacial score (nSPS) is 10.3. The van der Waals surface area contributed by atoms with E-state index in [1.54, 1.807) is 0 Å². The van der Waals surface area contributed by atoms with Crippen LogP contribution in [-0.2, 0) is 13.1 Å². The topological polar surface area (TPSA) is 15.3 Å². The van der Waals surface area contributed by atoms with E-state index in [0.29, 0.717) is 6.54 Å². The van der Waals surface area contributed by atoms with E-state index in [9.17, 15) is 0 Å². The minimum absolute atomic E-state index is 0.688. The Morgan fingerprint density at radius 1 is 1.33 bits per heavy atom. The molecule has 80 valence electrons. The van der Waals surface area contributed by atoms with Crippen molar-refractivity contribution in [2.24, 2.45) is 0 Å². The van der Waals surface area contributed by atoms with Gasteiger partial charge in [0.25, 0.3) is 0 Å². The largest absolute Gasteiger partial charge is 0.316 e. The SMILES string of the molecule is C#CCN(C)Cc1ccccc1CNC. The summed E-state index contributed by atoms with van der Waals surface area (Å²) in [5.41, 5.74) is 2.67. The van der Waals surface area contributed by atoms with Gasteiger partial charge in [0.2, 0.25) is 0 Å². The molecule has 1 N–H and O–H groups in total. The van der Waals surface area contributed by atoms with Gasteiger partial charge in [-0.25, -0.2) is 0 Å². The second-order valence-electron chi connectivity index (χ2n) is 3.68. The van der Waals surface area contributed by atoms with Gasteiger partial charge in [0, 0.05) is 13.1 Å². The fourth-order valence-corrected chi connectivity index (χ4v) is 1.58. The fourth-order valence-electron chi connectivity index (χ4n) is 1.58. The Balaban J connectivity index is 2.71. The molecular formula is C13H18N2. The molecule has 0 aliphatic carbocycles. The number of benzene rings is 1. The second kappa shape index (κ2) is 6.23. The molecule has 0 unspecified atom stereocenters. The van der Waals surface area contributed by atoms with Crippen LogP contribution in [0.2, 0.25) is 0 Å². The van der Waals surface area contributed by atoms with Crippen molar-refractivity contribution in [3.8, 4) is 12.3 Å². The number of rotatable bonds is 5. The number of hydrogen-bond acceptors (Lipinski definition) is 2. The van der Waals surface area contributed by atoms with Crippen molar-refractivity contribution in [1.82, 2.24) is 10.2 Å². The lowest BCUT2D eigenvalue weighted by Crippen LogP contribution is -2.19. The van der Waals surface area contributed by atoms with Crippen LogP contribution >= 0.6 is 0 Å². The van der Waals surface area contributed by atoms with E-state index in [2.05, 4.69) is 40.4 Å². The first-order valence-electron chi connectivity index (χ1n) is 5.11. The van der Waals surface area contributed by atoms with Crippen molar-refractivity contribution in [2.75, 3.05) is 20.6 Å². The summed E-state index contributed by atoms with van der Waals surface area (Å²) < 4.78 is 0. The van der Waals surface area contributed by atoms with Crippen LogP contribution in [0, 0.1) is 12.3 Å². The first-order chi connectivity index (χ1) is 7.27. The Bertz CT molecular complexity index is 339. The maximum Gasteiger partial charge on any atom is 0.0599 e. The Morgan fingerprint density at radius 3 is 2.60 bits per heavy atom. The third kappa shape index (κ3) is 3.75. The predicted molar refractivity (Wildman–Crippen MR) is 64.4 cm³/mol. The van der Waals surface area contributed by atoms with Crippen LogP contribution in [-0.4, -0.2) is 25.5 Å². The molecule has 0 saturated carbocycles. The van der Waals surface area contributed by atoms with E-state index in [1.165, 1.54) is 11.1 Å². The zero-order chi connectivity index (χ0) is 11.1. The zero-order valence-corrected chi connectivity index (χ0v) is 9.46. The molecule has 0 aliphatic rings. The summed E-state index contributed by atoms with van der Waals surface area (Å²) in [4.78, 5) is 2.13. The van der Waals surface area contributed by atoms with Crippen LogP contribution < -0.4 is 5.32 Å². The summed E-state index contributed by atoms with van der Waals surface area (Å²) in [5, 5.41) is 3.17. The van der Waals surface area contributed by atoms with Gasteiger partial charge >= 0.3 is 0 Å². The van der Waals surface area contributed by atoms with E-state index < -0.39 is 0 Å². The summed E-state index contributed by atoms with van der Waals surface area (Å²) >= 11 is 0. The third-order valence-corrected chi connectivity index (χ3v) is 2.29. The van der Waals surface area contributed by atoms with Crippen LogP contribution in [0.1, 0.15) is 11.1 Å². The minimum Gasteiger partial charge on any atom is -0.316 e. The first kappa shape index (κ1) is 11.8. The predicted octanol–water partition coefficient (Wildman–Crippen LogP) is 1.47. The third-order valence-electron chi connectivity index (χ3n) is 2.29. The molecule has 1 rings (SSSR count). The number of nitrogens with one attached hydrogen (secondary N) is 1. The van der Waals surface area contributed by atoms with Gasteiger partial charge in [-0.3, -0.25) is 4.90 Å². The van der Waals surface area contributed by atoms with E-state index in [-0.39, 0.29) is 0 Å². The van der Waals surface area contributed by atoms with Crippen LogP contribution in [0.5, 0.6) is 0 Å². The van der Waals surface area contributed by atoms with Gasteiger partial charge in [-0.2, -0.15) is 0 Å². The van der Waals surface area contributed by atoms with Crippen molar-refractivity contribution in [3.05, 3.63) is 35.4 Å². The van der Waals surface area contributed by atoms with Crippen molar-refractivity contribution < 1.29 is 0 Å². The molecule has 0 aromatic heterocycles. The van der Waals surface area contributed by atoms with Gasteiger partial charge in [0.05, 0.1) is 6.54 Å². The lowest BCUT2D eigenvalue weighted by atomic mass is 10.1. The van der Waals surface area contributed by atoms with Gasteiger partial charge in [-0.15, -0.1) is 6.42 Å². The second-order valence-corrected chi connectivity index (χ2v) is 3.68. The molecule has 0 bridgehead atoms. The molecule has 0 spiro atoms. The van der Waals surface area contributed by atoms with Crippen LogP contribution in [0.3, 0.4) is 0 Å². The molecule has 0 aliphatic heterocycles. The van der Waals surface area contributed by atoms with E-state index in [1.807, 2.05) is 14.1 Å². The summed E-state index contributed by atoms with van der Waals surface area (Å²) in [7, 11) is 4.00. The molecule has 2 heteroatoms. The highest BCUT2D eigenvalue weighted by atomic mass is 15.1. The Labute approximate surface area is 92.3 Å². The molecule has 0 saturated heterocycles. The Hall–Kier alpha value is -1.30. The fraction of sp³-hybridized carbons (Fsp3) is 0.385. The van der Waals surface area contributed by atoms with Gasteiger partial charge < -0.3 is 5.32 Å². The molecule has 0 fully saturated rings. The summed E-state index contributed by atoms with van der Waals surface area (Å²) in [5.74, 6) is 2.65. The zero-order valence-electron chi connectivity index (χ0n) is 9.46. The number of nitrogens with zero attached hydrogens (tertiary/aromatic N) is 1. The number of terminal acetylenes is 1. The smallest absolute Gasteiger partial charge is 0.0599 e. The summed E-state index contributed by atoms with van der Waals surface area (Å²) in [6, 6.07) is 8.44. The quantitative estimate of drug-likeness (QED) is 0.727. The highest BCUT2D eigenvalue weighted by Crippen LogP contribution is 2.10. The van der Waals surface area contributed by atoms with Crippen LogP contribution in [0.25, 0.3) is 0 Å². The van der Waals surface area contributed by atoms with Crippen molar-refractivity contribution in [2.45, 2.75) is 13.1 Å². The molecule has 0 amide bonds. The van der Waals surface area contributed by atoms with Crippen LogP contribution in [0.4, 0.5) is 0 Å². The molecule has 0 radical (unpaired) electrons. The molecule has 15 heavy (non-hydrogen) atoms. The molecule has 0 atom stereocenters. The summed E-state index contributed by atoms with van der Waals surface area (Å²) in [6.07, 6.45) is 5.28. The maximum atomic E-state index is 5.28. The number of hydrogen-bond donors (Lipinski definition) is 1. The van der Waals surface area contributed by atoms with Gasteiger partial charge in [0.1, 0.15) is 0 Å². The van der Waals surface area contributed by atoms with Crippen molar-refractivity contribution >= 4 is 0 Å². The Morgan fingerprint density at radius 2 is 2.00 bits per heavy atom. The summed E-state index contributed by atoms with van der Waals surface area (Å²) in [6.45, 7) is 2.50. The minimum atomic E-state index is 0.688. The van der Waals surface area contributed by atoms with E-state index in [4.69, 9.17) is 6.42 Å². The molecule has 0 heterocycles. The average molecular weight is 202 g/mol. The highest BCUT2D eigenvalue weighted by Gasteiger charge is 2.03. The lowest BCUT2D eigenvalue weighted by Gasteiger charge is -2.16. The molecule has 1 aromatic rings. The molecule has 1 aromatic carbocycles. The average Bonchev–Trinajstić information content (AvgIpc) is 2.21. The monoisotopic (exact) mass is 202 g/mol. The Kier molecular flexibility index (Phi) is 4.89. The van der Waals surface area contributed by atoms with Crippen LogP contribution in [0.15, 0.2) is 24.3 Å². The maximum absolute atomic E-state index is 5.28. The molecule has 2 nitrogen and oxygen atoms in total.